The first kappa shape index (κ1) is 13.2. The maximum atomic E-state index is 11.8. The fourth-order valence-corrected chi connectivity index (χ4v) is 3.15. The van der Waals surface area contributed by atoms with E-state index in [1.165, 1.54) is 0 Å². The van der Waals surface area contributed by atoms with Gasteiger partial charge in [0.25, 0.3) is 0 Å². The van der Waals surface area contributed by atoms with Crippen molar-refractivity contribution in [1.82, 2.24) is 4.90 Å². The van der Waals surface area contributed by atoms with E-state index in [1.807, 2.05) is 29.2 Å². The van der Waals surface area contributed by atoms with Crippen molar-refractivity contribution in [2.75, 3.05) is 33.1 Å². The van der Waals surface area contributed by atoms with Gasteiger partial charge in [0.2, 0.25) is 5.91 Å². The molecule has 1 aliphatic rings. The molecule has 0 aromatic heterocycles. The van der Waals surface area contributed by atoms with Crippen LogP contribution in [0.2, 0.25) is 0 Å². The molecule has 0 saturated carbocycles. The molecule has 0 spiro atoms. The van der Waals surface area contributed by atoms with Crippen LogP contribution in [0.5, 0.6) is 5.75 Å². The lowest BCUT2D eigenvalue weighted by Crippen LogP contribution is -2.31. The van der Waals surface area contributed by atoms with Crippen molar-refractivity contribution in [3.05, 3.63) is 29.8 Å². The molecule has 4 nitrogen and oxygen atoms in total. The predicted octanol–water partition coefficient (Wildman–Crippen LogP) is 1.92. The van der Waals surface area contributed by atoms with Gasteiger partial charge in [-0.15, -0.1) is 11.8 Å². The maximum Gasteiger partial charge on any atom is 0.233 e. The summed E-state index contributed by atoms with van der Waals surface area (Å²) in [5.74, 6) is 1.55. The Morgan fingerprint density at radius 1 is 1.33 bits per heavy atom. The van der Waals surface area contributed by atoms with Gasteiger partial charge in [0, 0.05) is 13.7 Å². The lowest BCUT2D eigenvalue weighted by Gasteiger charge is -2.23. The summed E-state index contributed by atoms with van der Waals surface area (Å²) in [5, 5.41) is 0.0959. The van der Waals surface area contributed by atoms with Crippen molar-refractivity contribution in [3.63, 3.8) is 0 Å². The van der Waals surface area contributed by atoms with E-state index < -0.39 is 0 Å². The van der Waals surface area contributed by atoms with Crippen LogP contribution in [0.15, 0.2) is 24.3 Å². The molecule has 0 N–H and O–H groups in total. The standard InChI is InChI=1S/C13H17NO3S/c1-16-8-7-14-12(15)9-18-13(14)10-3-5-11(17-2)6-4-10/h3-6,13H,7-9H2,1-2H3. The first-order valence-corrected chi connectivity index (χ1v) is 6.85. The van der Waals surface area contributed by atoms with E-state index in [0.717, 1.165) is 11.3 Å². The summed E-state index contributed by atoms with van der Waals surface area (Å²) in [6.45, 7) is 1.21. The van der Waals surface area contributed by atoms with Crippen LogP contribution in [-0.2, 0) is 9.53 Å². The number of amides is 1. The number of benzene rings is 1. The van der Waals surface area contributed by atoms with Crippen LogP contribution in [0.3, 0.4) is 0 Å². The Morgan fingerprint density at radius 2 is 2.06 bits per heavy atom. The second-order valence-electron chi connectivity index (χ2n) is 4.02. The van der Waals surface area contributed by atoms with Crippen molar-refractivity contribution in [2.24, 2.45) is 0 Å². The zero-order valence-corrected chi connectivity index (χ0v) is 11.4. The lowest BCUT2D eigenvalue weighted by atomic mass is 10.2. The van der Waals surface area contributed by atoms with E-state index in [0.29, 0.717) is 18.9 Å². The number of hydrogen-bond donors (Lipinski definition) is 0. The molecule has 1 atom stereocenters. The van der Waals surface area contributed by atoms with Crippen LogP contribution < -0.4 is 4.74 Å². The summed E-state index contributed by atoms with van der Waals surface area (Å²) in [4.78, 5) is 13.7. The molecule has 2 rings (SSSR count). The minimum absolute atomic E-state index is 0.0959. The van der Waals surface area contributed by atoms with Crippen LogP contribution in [0.25, 0.3) is 0 Å². The van der Waals surface area contributed by atoms with Crippen LogP contribution in [-0.4, -0.2) is 43.9 Å². The molecule has 98 valence electrons. The normalized spacial score (nSPS) is 19.3. The second kappa shape index (κ2) is 6.11. The number of hydrogen-bond acceptors (Lipinski definition) is 4. The molecule has 1 aromatic carbocycles. The summed E-state index contributed by atoms with van der Waals surface area (Å²) in [6.07, 6.45) is 0. The quantitative estimate of drug-likeness (QED) is 0.817. The average Bonchev–Trinajstić information content (AvgIpc) is 2.78. The lowest BCUT2D eigenvalue weighted by molar-refractivity contribution is -0.128. The van der Waals surface area contributed by atoms with Gasteiger partial charge in [0.05, 0.1) is 19.5 Å². The number of ether oxygens (including phenoxy) is 2. The summed E-state index contributed by atoms with van der Waals surface area (Å²) < 4.78 is 10.2. The molecule has 5 heteroatoms. The Bertz CT molecular complexity index is 407. The first-order valence-electron chi connectivity index (χ1n) is 5.80. The third-order valence-corrected chi connectivity index (χ3v) is 4.16. The average molecular weight is 267 g/mol. The van der Waals surface area contributed by atoms with Gasteiger partial charge in [0.1, 0.15) is 11.1 Å². The molecular formula is C13H17NO3S. The van der Waals surface area contributed by atoms with Crippen LogP contribution in [0.4, 0.5) is 0 Å². The fraction of sp³-hybridized carbons (Fsp3) is 0.462. The van der Waals surface area contributed by atoms with E-state index in [2.05, 4.69) is 0 Å². The molecule has 0 bridgehead atoms. The van der Waals surface area contributed by atoms with E-state index >= 15 is 0 Å². The van der Waals surface area contributed by atoms with Gasteiger partial charge in [-0.2, -0.15) is 0 Å². The highest BCUT2D eigenvalue weighted by Crippen LogP contribution is 2.38. The zero-order valence-electron chi connectivity index (χ0n) is 10.6. The van der Waals surface area contributed by atoms with Crippen molar-refractivity contribution < 1.29 is 14.3 Å². The van der Waals surface area contributed by atoms with Crippen LogP contribution in [0, 0.1) is 0 Å². The minimum Gasteiger partial charge on any atom is -0.497 e. The van der Waals surface area contributed by atoms with Crippen molar-refractivity contribution >= 4 is 17.7 Å². The number of carbonyl (C=O) groups is 1. The van der Waals surface area contributed by atoms with Gasteiger partial charge in [-0.05, 0) is 17.7 Å². The Kier molecular flexibility index (Phi) is 4.49. The van der Waals surface area contributed by atoms with Crippen molar-refractivity contribution in [2.45, 2.75) is 5.37 Å². The summed E-state index contributed by atoms with van der Waals surface area (Å²) in [6, 6.07) is 7.87. The highest BCUT2D eigenvalue weighted by molar-refractivity contribution is 8.00. The number of nitrogens with zero attached hydrogens (tertiary/aromatic N) is 1. The van der Waals surface area contributed by atoms with Gasteiger partial charge >= 0.3 is 0 Å². The highest BCUT2D eigenvalue weighted by atomic mass is 32.2. The molecule has 1 aromatic rings. The molecule has 0 radical (unpaired) electrons. The topological polar surface area (TPSA) is 38.8 Å². The van der Waals surface area contributed by atoms with Gasteiger partial charge in [-0.25, -0.2) is 0 Å². The molecule has 1 amide bonds. The highest BCUT2D eigenvalue weighted by Gasteiger charge is 2.32. The predicted molar refractivity (Wildman–Crippen MR) is 71.8 cm³/mol. The molecule has 1 heterocycles. The Labute approximate surface area is 111 Å². The third kappa shape index (κ3) is 2.79. The largest absolute Gasteiger partial charge is 0.497 e. The number of rotatable bonds is 5. The first-order chi connectivity index (χ1) is 8.76. The van der Waals surface area contributed by atoms with Crippen molar-refractivity contribution in [1.29, 1.82) is 0 Å². The van der Waals surface area contributed by atoms with E-state index in [4.69, 9.17) is 9.47 Å². The van der Waals surface area contributed by atoms with Gasteiger partial charge in [0.15, 0.2) is 0 Å². The fourth-order valence-electron chi connectivity index (χ4n) is 1.93. The zero-order chi connectivity index (χ0) is 13.0. The van der Waals surface area contributed by atoms with Crippen LogP contribution >= 0.6 is 11.8 Å². The Morgan fingerprint density at radius 3 is 2.67 bits per heavy atom. The molecule has 1 aliphatic heterocycles. The molecule has 18 heavy (non-hydrogen) atoms. The number of methoxy groups -OCH3 is 2. The molecule has 1 fully saturated rings. The molecule has 0 aliphatic carbocycles. The molecule has 1 saturated heterocycles. The Hall–Kier alpha value is -1.20. The molecular weight excluding hydrogens is 250 g/mol. The van der Waals surface area contributed by atoms with Crippen molar-refractivity contribution in [3.8, 4) is 5.75 Å². The summed E-state index contributed by atoms with van der Waals surface area (Å²) >= 11 is 1.66. The number of carbonyl (C=O) groups excluding carboxylic acids is 1. The minimum atomic E-state index is 0.0959. The monoisotopic (exact) mass is 267 g/mol. The second-order valence-corrected chi connectivity index (χ2v) is 5.08. The smallest absolute Gasteiger partial charge is 0.233 e. The summed E-state index contributed by atoms with van der Waals surface area (Å²) in [7, 11) is 3.30. The maximum absolute atomic E-state index is 11.8. The molecule has 1 unspecified atom stereocenters. The third-order valence-electron chi connectivity index (χ3n) is 2.91. The van der Waals surface area contributed by atoms with E-state index in [9.17, 15) is 4.79 Å². The van der Waals surface area contributed by atoms with E-state index in [-0.39, 0.29) is 11.3 Å². The van der Waals surface area contributed by atoms with E-state index in [1.54, 1.807) is 26.0 Å². The van der Waals surface area contributed by atoms with Gasteiger partial charge in [-0.1, -0.05) is 12.1 Å². The summed E-state index contributed by atoms with van der Waals surface area (Å²) in [5.41, 5.74) is 1.13. The van der Waals surface area contributed by atoms with Crippen LogP contribution in [0.1, 0.15) is 10.9 Å². The number of thioether (sulfide) groups is 1. The van der Waals surface area contributed by atoms with Gasteiger partial charge in [-0.3, -0.25) is 4.79 Å². The van der Waals surface area contributed by atoms with Gasteiger partial charge < -0.3 is 14.4 Å². The SMILES string of the molecule is COCCN1C(=O)CSC1c1ccc(OC)cc1. The Balaban J connectivity index is 2.12.